The van der Waals surface area contributed by atoms with Crippen molar-refractivity contribution in [2.24, 2.45) is 0 Å². The van der Waals surface area contributed by atoms with Gasteiger partial charge in [-0.05, 0) is 30.2 Å². The molecule has 0 fully saturated rings. The summed E-state index contributed by atoms with van der Waals surface area (Å²) in [6, 6.07) is 11.7. The number of rotatable bonds is 3. The van der Waals surface area contributed by atoms with Crippen LogP contribution in [0.25, 0.3) is 21.7 Å². The monoisotopic (exact) mass is 302 g/mol. The third kappa shape index (κ3) is 3.41. The second-order valence-electron chi connectivity index (χ2n) is 4.91. The molecule has 3 rings (SSSR count). The van der Waals surface area contributed by atoms with Crippen LogP contribution in [0.3, 0.4) is 0 Å². The van der Waals surface area contributed by atoms with E-state index in [0.29, 0.717) is 23.0 Å². The number of fused-ring (bicyclic) bond motifs is 3. The molecular formula is C21H18O2. The molecule has 0 atom stereocenters. The van der Waals surface area contributed by atoms with Crippen LogP contribution < -0.4 is 5.43 Å². The second kappa shape index (κ2) is 7.82. The Balaban J connectivity index is 0.000000924. The van der Waals surface area contributed by atoms with Gasteiger partial charge in [-0.15, -0.1) is 12.8 Å². The Kier molecular flexibility index (Phi) is 5.55. The van der Waals surface area contributed by atoms with Crippen molar-refractivity contribution in [3.05, 3.63) is 82.8 Å². The molecule has 0 saturated carbocycles. The van der Waals surface area contributed by atoms with E-state index in [0.717, 1.165) is 10.8 Å². The first-order chi connectivity index (χ1) is 11.3. The van der Waals surface area contributed by atoms with Gasteiger partial charge in [0, 0.05) is 5.56 Å². The predicted octanol–water partition coefficient (Wildman–Crippen LogP) is 4.87. The Morgan fingerprint density at radius 3 is 2.65 bits per heavy atom. The van der Waals surface area contributed by atoms with Gasteiger partial charge >= 0.3 is 0 Å². The average molecular weight is 302 g/mol. The summed E-state index contributed by atoms with van der Waals surface area (Å²) in [5.74, 6) is 0. The summed E-state index contributed by atoms with van der Waals surface area (Å²) >= 11 is 0. The van der Waals surface area contributed by atoms with Crippen molar-refractivity contribution >= 4 is 21.7 Å². The number of benzene rings is 2. The van der Waals surface area contributed by atoms with E-state index in [2.05, 4.69) is 12.8 Å². The van der Waals surface area contributed by atoms with Crippen molar-refractivity contribution in [2.45, 2.75) is 13.3 Å². The highest BCUT2D eigenvalue weighted by atomic mass is 16.3. The molecule has 3 aromatic rings. The molecule has 114 valence electrons. The zero-order chi connectivity index (χ0) is 16.7. The summed E-state index contributed by atoms with van der Waals surface area (Å²) in [7, 11) is 0. The molecule has 0 bridgehead atoms. The highest BCUT2D eigenvalue weighted by molar-refractivity contribution is 6.05. The fourth-order valence-electron chi connectivity index (χ4n) is 2.46. The average Bonchev–Trinajstić information content (AvgIpc) is 2.61. The number of allylic oxidation sites excluding steroid dienone is 4. The van der Waals surface area contributed by atoms with Gasteiger partial charge in [0.05, 0.1) is 11.6 Å². The van der Waals surface area contributed by atoms with Crippen LogP contribution >= 0.6 is 0 Å². The van der Waals surface area contributed by atoms with E-state index in [1.807, 2.05) is 67.6 Å². The SMILES string of the molecule is C#C.C/C=C\C=C/Cc1coc2ccc3ccccc3c2c1=O. The fourth-order valence-corrected chi connectivity index (χ4v) is 2.46. The molecule has 0 N–H and O–H groups in total. The van der Waals surface area contributed by atoms with Gasteiger partial charge in [-0.25, -0.2) is 0 Å². The fraction of sp³-hybridized carbons (Fsp3) is 0.0952. The van der Waals surface area contributed by atoms with Crippen LogP contribution in [0, 0.1) is 12.8 Å². The van der Waals surface area contributed by atoms with E-state index in [1.54, 1.807) is 6.26 Å². The van der Waals surface area contributed by atoms with E-state index >= 15 is 0 Å². The van der Waals surface area contributed by atoms with Crippen molar-refractivity contribution in [3.63, 3.8) is 0 Å². The minimum atomic E-state index is 0.0539. The zero-order valence-corrected chi connectivity index (χ0v) is 13.0. The van der Waals surface area contributed by atoms with Crippen molar-refractivity contribution in [1.29, 1.82) is 0 Å². The highest BCUT2D eigenvalue weighted by Gasteiger charge is 2.09. The Morgan fingerprint density at radius 1 is 1.09 bits per heavy atom. The Hall–Kier alpha value is -3.05. The molecular weight excluding hydrogens is 284 g/mol. The molecule has 0 radical (unpaired) electrons. The summed E-state index contributed by atoms with van der Waals surface area (Å²) in [6.07, 6.45) is 17.9. The molecule has 2 aromatic carbocycles. The van der Waals surface area contributed by atoms with E-state index in [1.165, 1.54) is 0 Å². The highest BCUT2D eigenvalue weighted by Crippen LogP contribution is 2.23. The molecule has 0 spiro atoms. The van der Waals surface area contributed by atoms with Gasteiger partial charge in [0.15, 0.2) is 5.43 Å². The van der Waals surface area contributed by atoms with Crippen LogP contribution in [-0.2, 0) is 6.42 Å². The standard InChI is InChI=1S/C19H16O2.C2H2/c1-2-3-4-5-9-15-13-21-17-12-11-14-8-6-7-10-16(14)18(17)19(15)20;1-2/h2-8,10-13H,9H2,1H3;1-2H/b3-2-,5-4-;. The minimum absolute atomic E-state index is 0.0539. The van der Waals surface area contributed by atoms with Gasteiger partial charge in [0.2, 0.25) is 0 Å². The van der Waals surface area contributed by atoms with Crippen molar-refractivity contribution < 1.29 is 4.42 Å². The van der Waals surface area contributed by atoms with Crippen LogP contribution in [0.5, 0.6) is 0 Å². The Bertz CT molecular complexity index is 940. The first-order valence-electron chi connectivity index (χ1n) is 7.34. The van der Waals surface area contributed by atoms with Crippen LogP contribution in [0.4, 0.5) is 0 Å². The van der Waals surface area contributed by atoms with Crippen LogP contribution in [0.1, 0.15) is 12.5 Å². The summed E-state index contributed by atoms with van der Waals surface area (Å²) in [6.45, 7) is 1.96. The quantitative estimate of drug-likeness (QED) is 0.392. The molecule has 0 aliphatic carbocycles. The van der Waals surface area contributed by atoms with Crippen LogP contribution in [0.2, 0.25) is 0 Å². The maximum Gasteiger partial charge on any atom is 0.196 e. The number of hydrogen-bond donors (Lipinski definition) is 0. The normalized spacial score (nSPS) is 11.1. The van der Waals surface area contributed by atoms with E-state index in [9.17, 15) is 4.79 Å². The molecule has 0 saturated heterocycles. The first-order valence-corrected chi connectivity index (χ1v) is 7.34. The lowest BCUT2D eigenvalue weighted by atomic mass is 10.0. The number of terminal acetylenes is 1. The smallest absolute Gasteiger partial charge is 0.196 e. The van der Waals surface area contributed by atoms with Gasteiger partial charge in [0.25, 0.3) is 0 Å². The van der Waals surface area contributed by atoms with Crippen LogP contribution in [-0.4, -0.2) is 0 Å². The van der Waals surface area contributed by atoms with Crippen molar-refractivity contribution in [3.8, 4) is 12.8 Å². The van der Waals surface area contributed by atoms with E-state index in [-0.39, 0.29) is 5.43 Å². The molecule has 2 nitrogen and oxygen atoms in total. The molecule has 1 aromatic heterocycles. The largest absolute Gasteiger partial charge is 0.464 e. The summed E-state index contributed by atoms with van der Waals surface area (Å²) < 4.78 is 5.64. The minimum Gasteiger partial charge on any atom is -0.464 e. The Morgan fingerprint density at radius 2 is 1.87 bits per heavy atom. The third-order valence-electron chi connectivity index (χ3n) is 3.52. The molecule has 0 unspecified atom stereocenters. The molecule has 1 heterocycles. The van der Waals surface area contributed by atoms with Crippen molar-refractivity contribution in [1.82, 2.24) is 0 Å². The molecule has 0 aliphatic heterocycles. The summed E-state index contributed by atoms with van der Waals surface area (Å²) in [5.41, 5.74) is 1.37. The first kappa shape index (κ1) is 16.3. The second-order valence-corrected chi connectivity index (χ2v) is 4.91. The Labute approximate surface area is 135 Å². The molecule has 0 aliphatic rings. The molecule has 23 heavy (non-hydrogen) atoms. The lowest BCUT2D eigenvalue weighted by Gasteiger charge is -2.04. The summed E-state index contributed by atoms with van der Waals surface area (Å²) in [4.78, 5) is 12.7. The van der Waals surface area contributed by atoms with Gasteiger partial charge in [-0.1, -0.05) is 54.6 Å². The summed E-state index contributed by atoms with van der Waals surface area (Å²) in [5, 5.41) is 2.67. The maximum absolute atomic E-state index is 12.7. The van der Waals surface area contributed by atoms with Gasteiger partial charge < -0.3 is 4.42 Å². The molecule has 2 heteroatoms. The number of hydrogen-bond acceptors (Lipinski definition) is 2. The van der Waals surface area contributed by atoms with E-state index in [4.69, 9.17) is 4.42 Å². The lowest BCUT2D eigenvalue weighted by Crippen LogP contribution is -2.08. The predicted molar refractivity (Wildman–Crippen MR) is 97.5 cm³/mol. The van der Waals surface area contributed by atoms with E-state index < -0.39 is 0 Å². The zero-order valence-electron chi connectivity index (χ0n) is 13.0. The van der Waals surface area contributed by atoms with Gasteiger partial charge in [-0.2, -0.15) is 0 Å². The molecule has 0 amide bonds. The topological polar surface area (TPSA) is 30.2 Å². The van der Waals surface area contributed by atoms with Crippen LogP contribution in [0.15, 0.2) is 76.2 Å². The van der Waals surface area contributed by atoms with Crippen molar-refractivity contribution in [2.75, 3.05) is 0 Å². The van der Waals surface area contributed by atoms with Gasteiger partial charge in [0.1, 0.15) is 5.58 Å². The van der Waals surface area contributed by atoms with Gasteiger partial charge in [-0.3, -0.25) is 4.79 Å². The maximum atomic E-state index is 12.7. The lowest BCUT2D eigenvalue weighted by molar-refractivity contribution is 0.595. The third-order valence-corrected chi connectivity index (χ3v) is 3.52.